The molecule has 0 aromatic carbocycles. The number of furan rings is 2. The van der Waals surface area contributed by atoms with E-state index in [0.717, 1.165) is 25.0 Å². The van der Waals surface area contributed by atoms with Crippen LogP contribution in [0.1, 0.15) is 38.0 Å². The molecule has 0 aliphatic heterocycles. The maximum atomic E-state index is 5.07. The lowest BCUT2D eigenvalue weighted by atomic mass is 10.2. The van der Waals surface area contributed by atoms with Crippen molar-refractivity contribution in [2.24, 2.45) is 0 Å². The van der Waals surface area contributed by atoms with E-state index in [-0.39, 0.29) is 0 Å². The Morgan fingerprint density at radius 1 is 1.00 bits per heavy atom. The first-order valence-corrected chi connectivity index (χ1v) is 5.90. The van der Waals surface area contributed by atoms with Crippen LogP contribution in [0.4, 0.5) is 0 Å². The van der Waals surface area contributed by atoms with Crippen LogP contribution < -0.4 is 0 Å². The van der Waals surface area contributed by atoms with E-state index in [1.807, 2.05) is 18.2 Å². The molecule has 0 amide bonds. The van der Waals surface area contributed by atoms with Crippen LogP contribution >= 0.6 is 0 Å². The predicted octanol–water partition coefficient (Wildman–Crippen LogP) is 4.46. The van der Waals surface area contributed by atoms with Crippen LogP contribution in [0.2, 0.25) is 0 Å². The van der Waals surface area contributed by atoms with Crippen LogP contribution in [-0.4, -0.2) is 0 Å². The van der Waals surface area contributed by atoms with Gasteiger partial charge in [-0.1, -0.05) is 20.3 Å². The molecule has 0 bridgehead atoms. The third kappa shape index (κ3) is 4.87. The van der Waals surface area contributed by atoms with E-state index < -0.39 is 0 Å². The van der Waals surface area contributed by atoms with Crippen LogP contribution in [-0.2, 0) is 12.8 Å². The highest BCUT2D eigenvalue weighted by atomic mass is 16.3. The summed E-state index contributed by atoms with van der Waals surface area (Å²) in [6, 6.07) is 5.93. The Balaban J connectivity index is 0.000000160. The molecule has 0 atom stereocenters. The first-order valence-electron chi connectivity index (χ1n) is 5.90. The average Bonchev–Trinajstić information content (AvgIpc) is 2.92. The molecule has 88 valence electrons. The number of hydrogen-bond donors (Lipinski definition) is 0. The maximum Gasteiger partial charge on any atom is 0.103 e. The SMILES string of the molecule is CCCc1ccco1.CCCc1ccoc1. The fourth-order valence-electron chi connectivity index (χ4n) is 1.42. The maximum absolute atomic E-state index is 5.07. The third-order valence-corrected chi connectivity index (χ3v) is 2.20. The van der Waals surface area contributed by atoms with Gasteiger partial charge in [-0.15, -0.1) is 0 Å². The zero-order valence-corrected chi connectivity index (χ0v) is 10.1. The van der Waals surface area contributed by atoms with Gasteiger partial charge in [0.1, 0.15) is 5.76 Å². The van der Waals surface area contributed by atoms with Gasteiger partial charge < -0.3 is 8.83 Å². The molecule has 0 saturated heterocycles. The Morgan fingerprint density at radius 2 is 1.81 bits per heavy atom. The zero-order valence-electron chi connectivity index (χ0n) is 10.1. The van der Waals surface area contributed by atoms with E-state index in [0.29, 0.717) is 0 Å². The number of hydrogen-bond acceptors (Lipinski definition) is 2. The van der Waals surface area contributed by atoms with Gasteiger partial charge in [-0.05, 0) is 36.6 Å². The van der Waals surface area contributed by atoms with Crippen molar-refractivity contribution in [1.29, 1.82) is 0 Å². The van der Waals surface area contributed by atoms with Gasteiger partial charge in [0.05, 0.1) is 18.8 Å². The lowest BCUT2D eigenvalue weighted by Gasteiger charge is -1.85. The van der Waals surface area contributed by atoms with Crippen molar-refractivity contribution in [2.45, 2.75) is 39.5 Å². The van der Waals surface area contributed by atoms with Crippen molar-refractivity contribution in [3.05, 3.63) is 48.3 Å². The van der Waals surface area contributed by atoms with Gasteiger partial charge in [0.15, 0.2) is 0 Å². The second-order valence-corrected chi connectivity index (χ2v) is 3.71. The Morgan fingerprint density at radius 3 is 2.31 bits per heavy atom. The highest BCUT2D eigenvalue weighted by molar-refractivity contribution is 5.04. The van der Waals surface area contributed by atoms with E-state index in [1.165, 1.54) is 12.0 Å². The molecule has 2 rings (SSSR count). The van der Waals surface area contributed by atoms with Gasteiger partial charge in [-0.25, -0.2) is 0 Å². The lowest BCUT2D eigenvalue weighted by Crippen LogP contribution is -1.73. The second-order valence-electron chi connectivity index (χ2n) is 3.71. The van der Waals surface area contributed by atoms with Crippen molar-refractivity contribution in [2.75, 3.05) is 0 Å². The van der Waals surface area contributed by atoms with Crippen molar-refractivity contribution in [1.82, 2.24) is 0 Å². The summed E-state index contributed by atoms with van der Waals surface area (Å²) in [7, 11) is 0. The molecule has 2 heteroatoms. The Labute approximate surface area is 97.3 Å². The molecule has 2 heterocycles. The van der Waals surface area contributed by atoms with Crippen molar-refractivity contribution in [3.63, 3.8) is 0 Å². The third-order valence-electron chi connectivity index (χ3n) is 2.20. The monoisotopic (exact) mass is 220 g/mol. The largest absolute Gasteiger partial charge is 0.472 e. The van der Waals surface area contributed by atoms with Gasteiger partial charge in [-0.3, -0.25) is 0 Å². The summed E-state index contributed by atoms with van der Waals surface area (Å²) in [5.74, 6) is 1.09. The quantitative estimate of drug-likeness (QED) is 0.760. The Kier molecular flexibility index (Phi) is 6.16. The molecule has 0 fully saturated rings. The Hall–Kier alpha value is -1.44. The lowest BCUT2D eigenvalue weighted by molar-refractivity contribution is 0.506. The molecule has 0 unspecified atom stereocenters. The van der Waals surface area contributed by atoms with E-state index in [2.05, 4.69) is 13.8 Å². The molecule has 2 nitrogen and oxygen atoms in total. The highest BCUT2D eigenvalue weighted by Gasteiger charge is 1.89. The van der Waals surface area contributed by atoms with E-state index in [9.17, 15) is 0 Å². The summed E-state index contributed by atoms with van der Waals surface area (Å²) in [6.45, 7) is 4.30. The molecule has 0 saturated carbocycles. The van der Waals surface area contributed by atoms with Gasteiger partial charge >= 0.3 is 0 Å². The minimum atomic E-state index is 1.06. The van der Waals surface area contributed by atoms with Crippen LogP contribution in [0.5, 0.6) is 0 Å². The van der Waals surface area contributed by atoms with Crippen LogP contribution in [0.15, 0.2) is 45.8 Å². The summed E-state index contributed by atoms with van der Waals surface area (Å²) in [5, 5.41) is 0. The summed E-state index contributed by atoms with van der Waals surface area (Å²) >= 11 is 0. The first kappa shape index (κ1) is 12.6. The van der Waals surface area contributed by atoms with Crippen LogP contribution in [0.25, 0.3) is 0 Å². The molecule has 0 N–H and O–H groups in total. The van der Waals surface area contributed by atoms with E-state index >= 15 is 0 Å². The molecule has 2 aromatic rings. The number of rotatable bonds is 4. The molecule has 0 radical (unpaired) electrons. The number of aryl methyl sites for hydroxylation is 2. The average molecular weight is 220 g/mol. The fraction of sp³-hybridized carbons (Fsp3) is 0.429. The molecule has 16 heavy (non-hydrogen) atoms. The normalized spacial score (nSPS) is 9.62. The second kappa shape index (κ2) is 7.80. The molecule has 0 aliphatic carbocycles. The van der Waals surface area contributed by atoms with Crippen molar-refractivity contribution >= 4 is 0 Å². The fourth-order valence-corrected chi connectivity index (χ4v) is 1.42. The Bertz CT molecular complexity index is 296. The van der Waals surface area contributed by atoms with Crippen LogP contribution in [0, 0.1) is 0 Å². The molecular formula is C14H20O2. The molecule has 2 aromatic heterocycles. The predicted molar refractivity (Wildman–Crippen MR) is 65.4 cm³/mol. The molecular weight excluding hydrogens is 200 g/mol. The topological polar surface area (TPSA) is 26.3 Å². The van der Waals surface area contributed by atoms with Crippen molar-refractivity contribution < 1.29 is 8.83 Å². The summed E-state index contributed by atoms with van der Waals surface area (Å²) in [4.78, 5) is 0. The smallest absolute Gasteiger partial charge is 0.103 e. The van der Waals surface area contributed by atoms with Gasteiger partial charge in [-0.2, -0.15) is 0 Å². The van der Waals surface area contributed by atoms with Crippen molar-refractivity contribution in [3.8, 4) is 0 Å². The first-order chi connectivity index (χ1) is 7.86. The van der Waals surface area contributed by atoms with Gasteiger partial charge in [0.2, 0.25) is 0 Å². The summed E-state index contributed by atoms with van der Waals surface area (Å²) < 4.78 is 9.94. The minimum Gasteiger partial charge on any atom is -0.472 e. The summed E-state index contributed by atoms with van der Waals surface area (Å²) in [6.07, 6.45) is 9.77. The van der Waals surface area contributed by atoms with Crippen LogP contribution in [0.3, 0.4) is 0 Å². The van der Waals surface area contributed by atoms with Gasteiger partial charge in [0, 0.05) is 6.42 Å². The summed E-state index contributed by atoms with van der Waals surface area (Å²) in [5.41, 5.74) is 1.30. The minimum absolute atomic E-state index is 1.06. The molecule has 0 spiro atoms. The standard InChI is InChI=1S/2C7H10O/c1-2-4-7-5-3-6-8-7;1-2-3-7-4-5-8-6-7/h3,5-6H,2,4H2,1H3;4-6H,2-3H2,1H3. The van der Waals surface area contributed by atoms with E-state index in [1.54, 1.807) is 18.8 Å². The van der Waals surface area contributed by atoms with E-state index in [4.69, 9.17) is 8.83 Å². The highest BCUT2D eigenvalue weighted by Crippen LogP contribution is 2.02. The van der Waals surface area contributed by atoms with Gasteiger partial charge in [0.25, 0.3) is 0 Å². The molecule has 0 aliphatic rings. The zero-order chi connectivity index (χ0) is 11.6.